The molecule has 3 rings (SSSR count). The molecule has 0 bridgehead atoms. The second-order valence-corrected chi connectivity index (χ2v) is 7.67. The third-order valence-corrected chi connectivity index (χ3v) is 5.33. The number of rotatable bonds is 5. The average molecular weight is 398 g/mol. The lowest BCUT2D eigenvalue weighted by Gasteiger charge is -2.26. The first-order valence-electron chi connectivity index (χ1n) is 9.62. The van der Waals surface area contributed by atoms with Crippen molar-refractivity contribution in [3.8, 4) is 0 Å². The normalized spacial score (nSPS) is 13.9. The van der Waals surface area contributed by atoms with Crippen LogP contribution in [0.25, 0.3) is 0 Å². The van der Waals surface area contributed by atoms with E-state index in [9.17, 15) is 14.0 Å². The Morgan fingerprint density at radius 1 is 1.17 bits per heavy atom. The zero-order valence-corrected chi connectivity index (χ0v) is 17.3. The first-order chi connectivity index (χ1) is 13.8. The van der Waals surface area contributed by atoms with E-state index in [1.54, 1.807) is 19.1 Å². The van der Waals surface area contributed by atoms with E-state index in [1.807, 2.05) is 19.0 Å². The van der Waals surface area contributed by atoms with E-state index in [0.29, 0.717) is 5.56 Å². The summed E-state index contributed by atoms with van der Waals surface area (Å²) in [5.41, 5.74) is 4.34. The van der Waals surface area contributed by atoms with Gasteiger partial charge in [0.05, 0.1) is 6.04 Å². The summed E-state index contributed by atoms with van der Waals surface area (Å²) in [7, 11) is 5.95. The van der Waals surface area contributed by atoms with E-state index in [2.05, 4.69) is 40.8 Å². The highest BCUT2D eigenvalue weighted by Crippen LogP contribution is 2.30. The van der Waals surface area contributed by atoms with Crippen molar-refractivity contribution in [2.24, 2.45) is 0 Å². The lowest BCUT2D eigenvalue weighted by Crippen LogP contribution is -2.40. The molecule has 0 saturated carbocycles. The highest BCUT2D eigenvalue weighted by Gasteiger charge is 2.22. The zero-order chi connectivity index (χ0) is 21.1. The molecule has 0 aliphatic carbocycles. The molecule has 2 amide bonds. The van der Waals surface area contributed by atoms with E-state index in [1.165, 1.54) is 17.3 Å². The molecule has 0 unspecified atom stereocenters. The molecular formula is C22H27FN4O2. The molecule has 0 saturated heterocycles. The van der Waals surface area contributed by atoms with Crippen LogP contribution in [0.3, 0.4) is 0 Å². The first-order valence-corrected chi connectivity index (χ1v) is 9.62. The van der Waals surface area contributed by atoms with Crippen molar-refractivity contribution in [2.75, 3.05) is 44.4 Å². The maximum atomic E-state index is 13.6. The minimum absolute atomic E-state index is 0.0697. The molecular weight excluding hydrogens is 371 g/mol. The van der Waals surface area contributed by atoms with Gasteiger partial charge in [-0.05, 0) is 62.3 Å². The van der Waals surface area contributed by atoms with Gasteiger partial charge < -0.3 is 20.4 Å². The molecule has 0 aromatic heterocycles. The molecule has 154 valence electrons. The first kappa shape index (κ1) is 20.8. The minimum Gasteiger partial charge on any atom is -0.374 e. The van der Waals surface area contributed by atoms with Crippen LogP contribution >= 0.6 is 0 Å². The maximum Gasteiger partial charge on any atom is 0.313 e. The van der Waals surface area contributed by atoms with Gasteiger partial charge in [-0.3, -0.25) is 9.59 Å². The molecule has 1 heterocycles. The SMILES string of the molecule is Cc1ccc(NC(=O)C(=O)NC[C@H](c2ccc3c(c2)CCN3C)N(C)C)cc1F. The number of hydrogen-bond acceptors (Lipinski definition) is 4. The van der Waals surface area contributed by atoms with E-state index in [0.717, 1.165) is 18.5 Å². The van der Waals surface area contributed by atoms with Crippen molar-refractivity contribution in [3.05, 3.63) is 58.9 Å². The molecule has 0 spiro atoms. The lowest BCUT2D eigenvalue weighted by atomic mass is 10.0. The van der Waals surface area contributed by atoms with Crippen LogP contribution in [0.1, 0.15) is 22.7 Å². The van der Waals surface area contributed by atoms with Crippen LogP contribution in [0.5, 0.6) is 0 Å². The number of likely N-dealkylation sites (N-methyl/N-ethyl adjacent to an activating group) is 2. The quantitative estimate of drug-likeness (QED) is 0.760. The van der Waals surface area contributed by atoms with Gasteiger partial charge in [0, 0.05) is 31.5 Å². The van der Waals surface area contributed by atoms with Crippen molar-refractivity contribution in [1.82, 2.24) is 10.2 Å². The van der Waals surface area contributed by atoms with Gasteiger partial charge in [-0.2, -0.15) is 0 Å². The summed E-state index contributed by atoms with van der Waals surface area (Å²) >= 11 is 0. The van der Waals surface area contributed by atoms with Crippen LogP contribution in [-0.4, -0.2) is 50.9 Å². The number of anilines is 2. The number of amides is 2. The smallest absolute Gasteiger partial charge is 0.313 e. The highest BCUT2D eigenvalue weighted by atomic mass is 19.1. The van der Waals surface area contributed by atoms with Crippen molar-refractivity contribution >= 4 is 23.2 Å². The Kier molecular flexibility index (Phi) is 6.17. The fraction of sp³-hybridized carbons (Fsp3) is 0.364. The summed E-state index contributed by atoms with van der Waals surface area (Å²) in [6.07, 6.45) is 1.00. The van der Waals surface area contributed by atoms with Crippen molar-refractivity contribution < 1.29 is 14.0 Å². The molecule has 1 aliphatic rings. The van der Waals surface area contributed by atoms with Gasteiger partial charge in [0.1, 0.15) is 5.82 Å². The Bertz CT molecular complexity index is 929. The van der Waals surface area contributed by atoms with Crippen molar-refractivity contribution in [3.63, 3.8) is 0 Å². The number of nitrogens with zero attached hydrogens (tertiary/aromatic N) is 2. The molecule has 1 atom stereocenters. The summed E-state index contributed by atoms with van der Waals surface area (Å²) in [4.78, 5) is 28.6. The summed E-state index contributed by atoms with van der Waals surface area (Å²) in [5, 5.41) is 5.12. The van der Waals surface area contributed by atoms with E-state index in [-0.39, 0.29) is 18.3 Å². The topological polar surface area (TPSA) is 64.7 Å². The van der Waals surface area contributed by atoms with Gasteiger partial charge in [-0.25, -0.2) is 4.39 Å². The van der Waals surface area contributed by atoms with Gasteiger partial charge in [-0.1, -0.05) is 18.2 Å². The number of carbonyl (C=O) groups excluding carboxylic acids is 2. The molecule has 1 aliphatic heterocycles. The zero-order valence-electron chi connectivity index (χ0n) is 17.3. The van der Waals surface area contributed by atoms with E-state index < -0.39 is 17.6 Å². The monoisotopic (exact) mass is 398 g/mol. The molecule has 0 radical (unpaired) electrons. The predicted octanol–water partition coefficient (Wildman–Crippen LogP) is 2.48. The van der Waals surface area contributed by atoms with Crippen LogP contribution in [0, 0.1) is 12.7 Å². The van der Waals surface area contributed by atoms with Gasteiger partial charge in [-0.15, -0.1) is 0 Å². The lowest BCUT2D eigenvalue weighted by molar-refractivity contribution is -0.136. The second kappa shape index (κ2) is 8.61. The van der Waals surface area contributed by atoms with Crippen LogP contribution in [0.2, 0.25) is 0 Å². The summed E-state index contributed by atoms with van der Waals surface area (Å²) in [5.74, 6) is -2.00. The Morgan fingerprint density at radius 2 is 1.93 bits per heavy atom. The summed E-state index contributed by atoms with van der Waals surface area (Å²) in [6.45, 7) is 2.92. The van der Waals surface area contributed by atoms with E-state index >= 15 is 0 Å². The predicted molar refractivity (Wildman–Crippen MR) is 113 cm³/mol. The molecule has 0 fully saturated rings. The number of benzene rings is 2. The summed E-state index contributed by atoms with van der Waals surface area (Å²) in [6, 6.07) is 10.6. The minimum atomic E-state index is -0.818. The van der Waals surface area contributed by atoms with Crippen LogP contribution in [0.15, 0.2) is 36.4 Å². The number of carbonyl (C=O) groups is 2. The standard InChI is InChI=1S/C22H27FN4O2/c1-14-5-7-17(12-18(14)23)25-22(29)21(28)24-13-20(26(2)3)15-6-8-19-16(11-15)9-10-27(19)4/h5-8,11-12,20H,9-10,13H2,1-4H3,(H,24,28)(H,25,29)/t20-/m1/s1. The Labute approximate surface area is 170 Å². The molecule has 2 N–H and O–H groups in total. The van der Waals surface area contributed by atoms with Gasteiger partial charge in [0.2, 0.25) is 0 Å². The van der Waals surface area contributed by atoms with Crippen molar-refractivity contribution in [2.45, 2.75) is 19.4 Å². The number of halogens is 1. The van der Waals surface area contributed by atoms with E-state index in [4.69, 9.17) is 0 Å². The largest absolute Gasteiger partial charge is 0.374 e. The maximum absolute atomic E-state index is 13.6. The average Bonchev–Trinajstić information content (AvgIpc) is 3.05. The third kappa shape index (κ3) is 4.74. The van der Waals surface area contributed by atoms with Gasteiger partial charge in [0.25, 0.3) is 0 Å². The second-order valence-electron chi connectivity index (χ2n) is 7.67. The Balaban J connectivity index is 1.63. The molecule has 29 heavy (non-hydrogen) atoms. The molecule has 7 heteroatoms. The number of aryl methyl sites for hydroxylation is 1. The Hall–Kier alpha value is -2.93. The third-order valence-electron chi connectivity index (χ3n) is 5.33. The van der Waals surface area contributed by atoms with Crippen LogP contribution in [-0.2, 0) is 16.0 Å². The number of fused-ring (bicyclic) bond motifs is 1. The molecule has 6 nitrogen and oxygen atoms in total. The fourth-order valence-electron chi connectivity index (χ4n) is 3.52. The van der Waals surface area contributed by atoms with Gasteiger partial charge >= 0.3 is 11.8 Å². The summed E-state index contributed by atoms with van der Waals surface area (Å²) < 4.78 is 13.6. The number of nitrogens with one attached hydrogen (secondary N) is 2. The van der Waals surface area contributed by atoms with Gasteiger partial charge in [0.15, 0.2) is 0 Å². The Morgan fingerprint density at radius 3 is 2.62 bits per heavy atom. The van der Waals surface area contributed by atoms with Crippen LogP contribution < -0.4 is 15.5 Å². The molecule has 2 aromatic carbocycles. The highest BCUT2D eigenvalue weighted by molar-refractivity contribution is 6.39. The fourth-order valence-corrected chi connectivity index (χ4v) is 3.52. The van der Waals surface area contributed by atoms with Crippen molar-refractivity contribution in [1.29, 1.82) is 0 Å². The van der Waals surface area contributed by atoms with Crippen LogP contribution in [0.4, 0.5) is 15.8 Å². The number of hydrogen-bond donors (Lipinski definition) is 2. The molecule has 2 aromatic rings.